The van der Waals surface area contributed by atoms with Crippen LogP contribution in [0, 0.1) is 6.92 Å². The summed E-state index contributed by atoms with van der Waals surface area (Å²) in [6.07, 6.45) is 4.89. The minimum Gasteiger partial charge on any atom is -0.382 e. The van der Waals surface area contributed by atoms with Crippen molar-refractivity contribution in [2.75, 3.05) is 5.73 Å². The molecule has 2 heterocycles. The Morgan fingerprint density at radius 2 is 1.80 bits per heavy atom. The maximum atomic E-state index is 5.52. The Balaban J connectivity index is 1.80. The first kappa shape index (κ1) is 9.76. The molecule has 0 unspecified atom stereocenters. The molecule has 15 heavy (non-hydrogen) atoms. The van der Waals surface area contributed by atoms with Crippen molar-refractivity contribution in [2.45, 2.75) is 26.4 Å². The summed E-state index contributed by atoms with van der Waals surface area (Å²) in [6.45, 7) is 3.77. The predicted octanol–water partition coefficient (Wildman–Crippen LogP) is 1.06. The normalized spacial score (nSPS) is 10.7. The Morgan fingerprint density at radius 1 is 1.13 bits per heavy atom. The van der Waals surface area contributed by atoms with Gasteiger partial charge in [-0.05, 0) is 25.5 Å². The van der Waals surface area contributed by atoms with Crippen LogP contribution in [0.25, 0.3) is 0 Å². The van der Waals surface area contributed by atoms with Gasteiger partial charge in [0.25, 0.3) is 0 Å². The number of aromatic nitrogens is 4. The third-order valence-electron chi connectivity index (χ3n) is 2.21. The number of aryl methyl sites for hydroxylation is 3. The molecule has 0 spiro atoms. The van der Waals surface area contributed by atoms with Crippen molar-refractivity contribution in [1.82, 2.24) is 19.6 Å². The highest BCUT2D eigenvalue weighted by molar-refractivity contribution is 5.23. The standard InChI is InChI=1S/C10H15N5/c1-9-3-7-14(12-9)5-2-6-15-8-4-10(11)13-15/h3-4,7-8H,2,5-6H2,1H3,(H2,11,13). The molecule has 2 aromatic heterocycles. The second kappa shape index (κ2) is 4.16. The van der Waals surface area contributed by atoms with Gasteiger partial charge in [0, 0.05) is 25.5 Å². The second-order valence-corrected chi connectivity index (χ2v) is 3.58. The minimum atomic E-state index is 0.574. The van der Waals surface area contributed by atoms with Crippen LogP contribution in [0.1, 0.15) is 12.1 Å². The van der Waals surface area contributed by atoms with Gasteiger partial charge in [-0.2, -0.15) is 10.2 Å². The van der Waals surface area contributed by atoms with Crippen LogP contribution in [-0.2, 0) is 13.1 Å². The predicted molar refractivity (Wildman–Crippen MR) is 58.2 cm³/mol. The van der Waals surface area contributed by atoms with Gasteiger partial charge in [0.15, 0.2) is 0 Å². The summed E-state index contributed by atoms with van der Waals surface area (Å²) >= 11 is 0. The zero-order chi connectivity index (χ0) is 10.7. The molecule has 2 aromatic rings. The van der Waals surface area contributed by atoms with E-state index in [0.29, 0.717) is 5.82 Å². The summed E-state index contributed by atoms with van der Waals surface area (Å²) in [5.74, 6) is 0.574. The van der Waals surface area contributed by atoms with Crippen LogP contribution in [0.3, 0.4) is 0 Å². The van der Waals surface area contributed by atoms with Crippen molar-refractivity contribution in [1.29, 1.82) is 0 Å². The quantitative estimate of drug-likeness (QED) is 0.811. The summed E-state index contributed by atoms with van der Waals surface area (Å²) < 4.78 is 3.80. The van der Waals surface area contributed by atoms with E-state index in [1.165, 1.54) is 0 Å². The van der Waals surface area contributed by atoms with Gasteiger partial charge in [0.2, 0.25) is 0 Å². The van der Waals surface area contributed by atoms with Gasteiger partial charge in [0.05, 0.1) is 5.69 Å². The largest absolute Gasteiger partial charge is 0.382 e. The molecule has 0 aliphatic rings. The Morgan fingerprint density at radius 3 is 2.33 bits per heavy atom. The van der Waals surface area contributed by atoms with E-state index in [9.17, 15) is 0 Å². The van der Waals surface area contributed by atoms with E-state index in [2.05, 4.69) is 10.2 Å². The smallest absolute Gasteiger partial charge is 0.145 e. The van der Waals surface area contributed by atoms with Gasteiger partial charge >= 0.3 is 0 Å². The monoisotopic (exact) mass is 205 g/mol. The maximum Gasteiger partial charge on any atom is 0.145 e. The van der Waals surface area contributed by atoms with Crippen LogP contribution in [0.5, 0.6) is 0 Å². The Bertz CT molecular complexity index is 388. The van der Waals surface area contributed by atoms with Crippen molar-refractivity contribution in [2.24, 2.45) is 0 Å². The van der Waals surface area contributed by atoms with E-state index < -0.39 is 0 Å². The van der Waals surface area contributed by atoms with E-state index >= 15 is 0 Å². The Kier molecular flexibility index (Phi) is 2.71. The average molecular weight is 205 g/mol. The average Bonchev–Trinajstić information content (AvgIpc) is 2.76. The van der Waals surface area contributed by atoms with Gasteiger partial charge in [0.1, 0.15) is 5.82 Å². The van der Waals surface area contributed by atoms with Gasteiger partial charge in [-0.1, -0.05) is 0 Å². The van der Waals surface area contributed by atoms with Crippen LogP contribution >= 0.6 is 0 Å². The molecule has 0 aliphatic carbocycles. The first-order valence-corrected chi connectivity index (χ1v) is 5.03. The first-order chi connectivity index (χ1) is 7.24. The lowest BCUT2D eigenvalue weighted by molar-refractivity contribution is 0.500. The molecule has 0 saturated carbocycles. The van der Waals surface area contributed by atoms with Crippen molar-refractivity contribution >= 4 is 5.82 Å². The highest BCUT2D eigenvalue weighted by atomic mass is 15.3. The molecule has 0 bridgehead atoms. The minimum absolute atomic E-state index is 0.574. The summed E-state index contributed by atoms with van der Waals surface area (Å²) in [4.78, 5) is 0. The number of rotatable bonds is 4. The summed E-state index contributed by atoms with van der Waals surface area (Å²) in [7, 11) is 0. The fourth-order valence-corrected chi connectivity index (χ4v) is 1.48. The fourth-order valence-electron chi connectivity index (χ4n) is 1.48. The molecular formula is C10H15N5. The fraction of sp³-hybridized carbons (Fsp3) is 0.400. The number of nitrogens with zero attached hydrogens (tertiary/aromatic N) is 4. The lowest BCUT2D eigenvalue weighted by atomic mass is 10.4. The molecule has 0 aromatic carbocycles. The Hall–Kier alpha value is -1.78. The Labute approximate surface area is 88.5 Å². The van der Waals surface area contributed by atoms with Crippen LogP contribution in [0.2, 0.25) is 0 Å². The van der Waals surface area contributed by atoms with Crippen LogP contribution in [-0.4, -0.2) is 19.6 Å². The van der Waals surface area contributed by atoms with E-state index in [-0.39, 0.29) is 0 Å². The number of anilines is 1. The van der Waals surface area contributed by atoms with Gasteiger partial charge < -0.3 is 5.73 Å². The zero-order valence-corrected chi connectivity index (χ0v) is 8.80. The molecular weight excluding hydrogens is 190 g/mol. The molecule has 0 aliphatic heterocycles. The molecule has 0 atom stereocenters. The molecule has 5 nitrogen and oxygen atoms in total. The molecule has 0 saturated heterocycles. The van der Waals surface area contributed by atoms with E-state index in [1.807, 2.05) is 34.7 Å². The molecule has 2 rings (SSSR count). The number of nitrogen functional groups attached to an aromatic ring is 1. The van der Waals surface area contributed by atoms with E-state index in [1.54, 1.807) is 6.07 Å². The van der Waals surface area contributed by atoms with Crippen LogP contribution < -0.4 is 5.73 Å². The number of nitrogens with two attached hydrogens (primary N) is 1. The maximum absolute atomic E-state index is 5.52. The molecule has 80 valence electrons. The van der Waals surface area contributed by atoms with Gasteiger partial charge in [-0.15, -0.1) is 0 Å². The number of hydrogen-bond acceptors (Lipinski definition) is 3. The van der Waals surface area contributed by atoms with Gasteiger partial charge in [-0.25, -0.2) is 0 Å². The van der Waals surface area contributed by atoms with Crippen LogP contribution in [0.15, 0.2) is 24.5 Å². The van der Waals surface area contributed by atoms with E-state index in [4.69, 9.17) is 5.73 Å². The van der Waals surface area contributed by atoms with Crippen molar-refractivity contribution in [3.05, 3.63) is 30.2 Å². The van der Waals surface area contributed by atoms with Crippen molar-refractivity contribution < 1.29 is 0 Å². The third kappa shape index (κ3) is 2.59. The van der Waals surface area contributed by atoms with E-state index in [0.717, 1.165) is 25.2 Å². The first-order valence-electron chi connectivity index (χ1n) is 5.03. The van der Waals surface area contributed by atoms with Gasteiger partial charge in [-0.3, -0.25) is 9.36 Å². The molecule has 0 radical (unpaired) electrons. The molecule has 2 N–H and O–H groups in total. The zero-order valence-electron chi connectivity index (χ0n) is 8.80. The highest BCUT2D eigenvalue weighted by Gasteiger charge is 1.96. The summed E-state index contributed by atoms with van der Waals surface area (Å²) in [6, 6.07) is 3.81. The second-order valence-electron chi connectivity index (χ2n) is 3.58. The SMILES string of the molecule is Cc1ccn(CCCn2ccc(N)n2)n1. The lowest BCUT2D eigenvalue weighted by Crippen LogP contribution is -2.05. The highest BCUT2D eigenvalue weighted by Crippen LogP contribution is 1.99. The summed E-state index contributed by atoms with van der Waals surface area (Å²) in [5, 5.41) is 8.42. The molecule has 0 amide bonds. The molecule has 5 heteroatoms. The summed E-state index contributed by atoms with van der Waals surface area (Å²) in [5.41, 5.74) is 6.57. The lowest BCUT2D eigenvalue weighted by Gasteiger charge is -2.01. The topological polar surface area (TPSA) is 61.7 Å². The number of hydrogen-bond donors (Lipinski definition) is 1. The van der Waals surface area contributed by atoms with Crippen molar-refractivity contribution in [3.8, 4) is 0 Å². The molecule has 0 fully saturated rings. The van der Waals surface area contributed by atoms with Crippen molar-refractivity contribution in [3.63, 3.8) is 0 Å². The van der Waals surface area contributed by atoms with Crippen LogP contribution in [0.4, 0.5) is 5.82 Å². The third-order valence-corrected chi connectivity index (χ3v) is 2.21.